The number of aromatic nitrogens is 3. The van der Waals surface area contributed by atoms with Crippen molar-refractivity contribution in [1.29, 1.82) is 0 Å². The fraction of sp³-hybridized carbons (Fsp3) is 0.250. The molecule has 0 amide bonds. The highest BCUT2D eigenvalue weighted by Gasteiger charge is 2.16. The minimum absolute atomic E-state index is 0.0835. The van der Waals surface area contributed by atoms with Crippen LogP contribution in [-0.4, -0.2) is 25.3 Å². The zero-order valence-corrected chi connectivity index (χ0v) is 14.9. The molecule has 2 aromatic heterocycles. The number of fused-ring (bicyclic) bond motifs is 1. The third-order valence-corrected chi connectivity index (χ3v) is 5.45. The van der Waals surface area contributed by atoms with E-state index in [-0.39, 0.29) is 5.78 Å². The second kappa shape index (κ2) is 6.74. The second-order valence-electron chi connectivity index (χ2n) is 5.72. The van der Waals surface area contributed by atoms with Crippen LogP contribution in [-0.2, 0) is 4.79 Å². The first-order chi connectivity index (χ1) is 11.5. The summed E-state index contributed by atoms with van der Waals surface area (Å²) in [4.78, 5) is 28.0. The summed E-state index contributed by atoms with van der Waals surface area (Å²) in [6.45, 7) is 4.25. The van der Waals surface area contributed by atoms with Crippen molar-refractivity contribution in [3.05, 3.63) is 45.8 Å². The van der Waals surface area contributed by atoms with E-state index in [2.05, 4.69) is 23.2 Å². The van der Waals surface area contributed by atoms with Gasteiger partial charge in [0, 0.05) is 17.3 Å². The number of nitrogen functional groups attached to an aromatic ring is 1. The van der Waals surface area contributed by atoms with Crippen LogP contribution in [0.2, 0.25) is 0 Å². The van der Waals surface area contributed by atoms with Crippen LogP contribution in [0.5, 0.6) is 0 Å². The van der Waals surface area contributed by atoms with Gasteiger partial charge < -0.3 is 5.73 Å². The summed E-state index contributed by atoms with van der Waals surface area (Å²) in [5.41, 5.74) is 6.86. The van der Waals surface area contributed by atoms with Crippen LogP contribution in [0.1, 0.15) is 19.4 Å². The van der Waals surface area contributed by atoms with Gasteiger partial charge in [-0.15, -0.1) is 0 Å². The summed E-state index contributed by atoms with van der Waals surface area (Å²) in [7, 11) is 0. The van der Waals surface area contributed by atoms with Gasteiger partial charge in [0.1, 0.15) is 5.82 Å². The maximum atomic E-state index is 12.3. The van der Waals surface area contributed by atoms with Crippen molar-refractivity contribution in [2.24, 2.45) is 5.92 Å². The number of thioether (sulfide) groups is 1. The second-order valence-corrected chi connectivity index (χ2v) is 7.43. The third-order valence-electron chi connectivity index (χ3n) is 3.27. The zero-order chi connectivity index (χ0) is 17.3. The molecule has 0 fully saturated rings. The number of ketones is 1. The van der Waals surface area contributed by atoms with Crippen molar-refractivity contribution in [2.45, 2.75) is 19.0 Å². The Morgan fingerprint density at radius 2 is 2.00 bits per heavy atom. The standard InChI is InChI=1S/C16H16N4O2S2/c1-9(2)8-23-16-19-24-15-18-14(22)12(13(17)20(15)16)7-10-3-5-11(21)6-4-10/h3-7,9H,8,17H2,1-2H3. The summed E-state index contributed by atoms with van der Waals surface area (Å²) in [5.74, 6) is 1.64. The lowest BCUT2D eigenvalue weighted by molar-refractivity contribution is -0.110. The number of nitrogens with two attached hydrogens (primary N) is 1. The van der Waals surface area contributed by atoms with Crippen LogP contribution in [0.3, 0.4) is 0 Å². The number of anilines is 1. The summed E-state index contributed by atoms with van der Waals surface area (Å²) in [5, 5.41) is 0.734. The van der Waals surface area contributed by atoms with Gasteiger partial charge in [0.05, 0.1) is 5.56 Å². The van der Waals surface area contributed by atoms with Gasteiger partial charge in [-0.3, -0.25) is 9.59 Å². The molecule has 0 saturated carbocycles. The molecule has 24 heavy (non-hydrogen) atoms. The maximum Gasteiger partial charge on any atom is 0.283 e. The minimum Gasteiger partial charge on any atom is -0.384 e. The van der Waals surface area contributed by atoms with Gasteiger partial charge in [-0.05, 0) is 29.7 Å². The lowest BCUT2D eigenvalue weighted by Crippen LogP contribution is -2.16. The molecule has 0 atom stereocenters. The number of allylic oxidation sites excluding steroid dienone is 5. The molecule has 8 heteroatoms. The summed E-state index contributed by atoms with van der Waals surface area (Å²) >= 11 is 2.74. The summed E-state index contributed by atoms with van der Waals surface area (Å²) in [6.07, 6.45) is 7.83. The zero-order valence-electron chi connectivity index (χ0n) is 13.2. The Bertz CT molecular complexity index is 933. The van der Waals surface area contributed by atoms with Gasteiger partial charge in [-0.25, -0.2) is 4.40 Å². The molecule has 124 valence electrons. The number of hydrogen-bond donors (Lipinski definition) is 1. The number of carbonyl (C=O) groups is 1. The summed E-state index contributed by atoms with van der Waals surface area (Å²) in [6, 6.07) is 0. The first-order valence-electron chi connectivity index (χ1n) is 7.38. The smallest absolute Gasteiger partial charge is 0.283 e. The number of rotatable bonds is 4. The van der Waals surface area contributed by atoms with Crippen LogP contribution >= 0.6 is 23.3 Å². The topological polar surface area (TPSA) is 90.3 Å². The maximum absolute atomic E-state index is 12.3. The Labute approximate surface area is 147 Å². The van der Waals surface area contributed by atoms with E-state index in [1.165, 1.54) is 12.2 Å². The van der Waals surface area contributed by atoms with Gasteiger partial charge in [-0.2, -0.15) is 9.36 Å². The molecule has 0 unspecified atom stereocenters. The van der Waals surface area contributed by atoms with Crippen LogP contribution in [0.4, 0.5) is 5.82 Å². The molecule has 0 saturated heterocycles. The summed E-state index contributed by atoms with van der Waals surface area (Å²) < 4.78 is 6.08. The minimum atomic E-state index is -0.400. The number of nitrogens with zero attached hydrogens (tertiary/aromatic N) is 3. The molecule has 6 nitrogen and oxygen atoms in total. The van der Waals surface area contributed by atoms with Gasteiger partial charge in [0.2, 0.25) is 4.96 Å². The molecule has 3 rings (SSSR count). The molecule has 0 bridgehead atoms. The molecule has 0 aromatic carbocycles. The van der Waals surface area contributed by atoms with E-state index in [4.69, 9.17) is 5.73 Å². The molecular formula is C16H16N4O2S2. The Hall–Kier alpha value is -2.19. The van der Waals surface area contributed by atoms with E-state index in [1.807, 2.05) is 0 Å². The van der Waals surface area contributed by atoms with Crippen LogP contribution in [0.15, 0.2) is 39.8 Å². The van der Waals surface area contributed by atoms with Gasteiger partial charge >= 0.3 is 0 Å². The molecule has 2 N–H and O–H groups in total. The highest BCUT2D eigenvalue weighted by Crippen LogP contribution is 2.26. The van der Waals surface area contributed by atoms with Crippen molar-refractivity contribution < 1.29 is 4.79 Å². The van der Waals surface area contributed by atoms with E-state index in [9.17, 15) is 9.59 Å². The first kappa shape index (κ1) is 16.7. The van der Waals surface area contributed by atoms with Gasteiger partial charge in [0.15, 0.2) is 10.9 Å². The number of carbonyl (C=O) groups excluding carboxylic acids is 1. The highest BCUT2D eigenvalue weighted by atomic mass is 32.2. The first-order valence-corrected chi connectivity index (χ1v) is 9.14. The predicted octanol–water partition coefficient (Wildman–Crippen LogP) is 2.56. The van der Waals surface area contributed by atoms with Crippen LogP contribution in [0, 0.1) is 5.92 Å². The van der Waals surface area contributed by atoms with Crippen LogP contribution < -0.4 is 11.3 Å². The normalized spacial score (nSPS) is 14.1. The van der Waals surface area contributed by atoms with Crippen LogP contribution in [0.25, 0.3) is 11.0 Å². The molecule has 0 spiro atoms. The predicted molar refractivity (Wildman–Crippen MR) is 98.4 cm³/mol. The Kier molecular flexibility index (Phi) is 4.68. The largest absolute Gasteiger partial charge is 0.384 e. The van der Waals surface area contributed by atoms with Crippen molar-refractivity contribution in [3.8, 4) is 0 Å². The van der Waals surface area contributed by atoms with Crippen molar-refractivity contribution >= 4 is 45.9 Å². The lowest BCUT2D eigenvalue weighted by Gasteiger charge is -2.07. The molecule has 0 aliphatic heterocycles. The quantitative estimate of drug-likeness (QED) is 0.843. The van der Waals surface area contributed by atoms with Crippen molar-refractivity contribution in [1.82, 2.24) is 13.8 Å². The van der Waals surface area contributed by atoms with E-state index >= 15 is 0 Å². The van der Waals surface area contributed by atoms with E-state index in [1.54, 1.807) is 34.4 Å². The molecule has 2 aromatic rings. The van der Waals surface area contributed by atoms with E-state index < -0.39 is 5.56 Å². The van der Waals surface area contributed by atoms with Crippen molar-refractivity contribution in [2.75, 3.05) is 11.5 Å². The average Bonchev–Trinajstić information content (AvgIpc) is 2.94. The Balaban J connectivity index is 2.08. The monoisotopic (exact) mass is 360 g/mol. The van der Waals surface area contributed by atoms with E-state index in [0.29, 0.717) is 22.3 Å². The van der Waals surface area contributed by atoms with E-state index in [0.717, 1.165) is 28.0 Å². The fourth-order valence-corrected chi connectivity index (χ4v) is 3.90. The third kappa shape index (κ3) is 3.34. The van der Waals surface area contributed by atoms with Gasteiger partial charge in [0.25, 0.3) is 5.56 Å². The Morgan fingerprint density at radius 1 is 1.29 bits per heavy atom. The lowest BCUT2D eigenvalue weighted by atomic mass is 10.1. The van der Waals surface area contributed by atoms with Gasteiger partial charge in [-0.1, -0.05) is 37.8 Å². The SMILES string of the molecule is CC(C)CSc1nsc2nc(=O)c(C=C3C=CC(=O)C=C3)c(N)n12. The highest BCUT2D eigenvalue weighted by molar-refractivity contribution is 7.99. The Morgan fingerprint density at radius 3 is 2.67 bits per heavy atom. The molecule has 1 aliphatic carbocycles. The fourth-order valence-electron chi connectivity index (χ4n) is 2.10. The van der Waals surface area contributed by atoms with Crippen molar-refractivity contribution in [3.63, 3.8) is 0 Å². The average molecular weight is 360 g/mol. The molecular weight excluding hydrogens is 344 g/mol. The molecule has 2 heterocycles. The molecule has 1 aliphatic rings. The molecule has 0 radical (unpaired) electrons. The number of hydrogen-bond acceptors (Lipinski definition) is 7.